The van der Waals surface area contributed by atoms with Crippen molar-refractivity contribution >= 4 is 27.5 Å². The molecule has 0 saturated carbocycles. The predicted molar refractivity (Wildman–Crippen MR) is 139 cm³/mol. The molecule has 0 aromatic heterocycles. The summed E-state index contributed by atoms with van der Waals surface area (Å²) in [5, 5.41) is 2.84. The van der Waals surface area contributed by atoms with E-state index >= 15 is 0 Å². The number of hydrogen-bond donors (Lipinski definition) is 1. The molecule has 11 heteroatoms. The molecule has 0 fully saturated rings. The lowest BCUT2D eigenvalue weighted by molar-refractivity contribution is -0.139. The molecule has 1 heterocycles. The number of halogens is 1. The SMILES string of the molecule is CC[C@@H](C)NC(=O)[C@H](C)N(Cc1ccccc1F)C(=O)CN(c1ccc2c(c1)OCCO2)S(=O)(=O)CC. The molecule has 0 saturated heterocycles. The standard InChI is InChI=1S/C26H34FN3O6S/c1-5-18(3)28-26(32)19(4)29(16-20-9-7-8-10-22(20)27)25(31)17-30(37(33,34)6-2)21-11-12-23-24(15-21)36-14-13-35-23/h7-12,15,18-19H,5-6,13-14,16-17H2,1-4H3,(H,28,32)/t18-,19+/m1/s1. The second-order valence-electron chi connectivity index (χ2n) is 8.84. The van der Waals surface area contributed by atoms with Gasteiger partial charge >= 0.3 is 0 Å². The van der Waals surface area contributed by atoms with Crippen molar-refractivity contribution in [3.63, 3.8) is 0 Å². The zero-order valence-electron chi connectivity index (χ0n) is 21.6. The molecule has 1 aliphatic heterocycles. The second-order valence-corrected chi connectivity index (χ2v) is 11.0. The lowest BCUT2D eigenvalue weighted by Crippen LogP contribution is -2.52. The topological polar surface area (TPSA) is 105 Å². The minimum absolute atomic E-state index is 0.130. The average molecular weight is 536 g/mol. The predicted octanol–water partition coefficient (Wildman–Crippen LogP) is 3.09. The maximum Gasteiger partial charge on any atom is 0.244 e. The minimum atomic E-state index is -3.90. The fraction of sp³-hybridized carbons (Fsp3) is 0.462. The van der Waals surface area contributed by atoms with Crippen molar-refractivity contribution in [3.05, 3.63) is 53.8 Å². The van der Waals surface area contributed by atoms with Crippen LogP contribution in [-0.2, 0) is 26.2 Å². The number of sulfonamides is 1. The molecule has 1 N–H and O–H groups in total. The molecule has 0 unspecified atom stereocenters. The lowest BCUT2D eigenvalue weighted by Gasteiger charge is -2.32. The number of amides is 2. The van der Waals surface area contributed by atoms with Gasteiger partial charge in [-0.2, -0.15) is 0 Å². The number of anilines is 1. The van der Waals surface area contributed by atoms with Gasteiger partial charge in [-0.3, -0.25) is 13.9 Å². The Morgan fingerprint density at radius 3 is 2.38 bits per heavy atom. The molecule has 0 bridgehead atoms. The van der Waals surface area contributed by atoms with Gasteiger partial charge < -0.3 is 19.7 Å². The molecule has 2 atom stereocenters. The molecule has 1 aliphatic rings. The van der Waals surface area contributed by atoms with Crippen LogP contribution >= 0.6 is 0 Å². The molecule has 202 valence electrons. The van der Waals surface area contributed by atoms with Gasteiger partial charge in [-0.25, -0.2) is 12.8 Å². The van der Waals surface area contributed by atoms with Crippen molar-refractivity contribution < 1.29 is 31.9 Å². The van der Waals surface area contributed by atoms with Crippen molar-refractivity contribution in [3.8, 4) is 11.5 Å². The Balaban J connectivity index is 1.95. The smallest absolute Gasteiger partial charge is 0.244 e. The second kappa shape index (κ2) is 12.3. The summed E-state index contributed by atoms with van der Waals surface area (Å²) in [6.45, 7) is 6.68. The highest BCUT2D eigenvalue weighted by Crippen LogP contribution is 2.35. The van der Waals surface area contributed by atoms with Gasteiger partial charge in [-0.05, 0) is 45.4 Å². The van der Waals surface area contributed by atoms with Crippen LogP contribution in [0.5, 0.6) is 11.5 Å². The Bertz CT molecular complexity index is 1220. The van der Waals surface area contributed by atoms with Gasteiger partial charge in [0.25, 0.3) is 0 Å². The Morgan fingerprint density at radius 1 is 1.05 bits per heavy atom. The van der Waals surface area contributed by atoms with Crippen LogP contribution in [0.4, 0.5) is 10.1 Å². The van der Waals surface area contributed by atoms with Gasteiger partial charge in [0, 0.05) is 24.2 Å². The van der Waals surface area contributed by atoms with Gasteiger partial charge in [-0.1, -0.05) is 25.1 Å². The highest BCUT2D eigenvalue weighted by Gasteiger charge is 2.32. The van der Waals surface area contributed by atoms with Gasteiger partial charge in [0.2, 0.25) is 21.8 Å². The van der Waals surface area contributed by atoms with E-state index in [0.717, 1.165) is 4.31 Å². The zero-order chi connectivity index (χ0) is 27.2. The van der Waals surface area contributed by atoms with E-state index in [4.69, 9.17) is 9.47 Å². The third kappa shape index (κ3) is 6.91. The maximum absolute atomic E-state index is 14.5. The number of carbonyl (C=O) groups is 2. The maximum atomic E-state index is 14.5. The van der Waals surface area contributed by atoms with Crippen molar-refractivity contribution in [2.24, 2.45) is 0 Å². The third-order valence-corrected chi connectivity index (χ3v) is 8.00. The summed E-state index contributed by atoms with van der Waals surface area (Å²) < 4.78 is 52.7. The quantitative estimate of drug-likeness (QED) is 0.474. The first-order valence-electron chi connectivity index (χ1n) is 12.3. The van der Waals surface area contributed by atoms with Gasteiger partial charge in [0.05, 0.1) is 11.4 Å². The van der Waals surface area contributed by atoms with E-state index in [1.807, 2.05) is 13.8 Å². The van der Waals surface area contributed by atoms with Crippen molar-refractivity contribution in [2.75, 3.05) is 29.8 Å². The van der Waals surface area contributed by atoms with Crippen LogP contribution in [0, 0.1) is 5.82 Å². The molecule has 3 rings (SSSR count). The van der Waals surface area contributed by atoms with Gasteiger partial charge in [0.1, 0.15) is 31.6 Å². The fourth-order valence-corrected chi connectivity index (χ4v) is 4.82. The van der Waals surface area contributed by atoms with Crippen LogP contribution in [0.2, 0.25) is 0 Å². The van der Waals surface area contributed by atoms with E-state index < -0.39 is 40.2 Å². The number of nitrogens with one attached hydrogen (secondary N) is 1. The minimum Gasteiger partial charge on any atom is -0.486 e. The summed E-state index contributed by atoms with van der Waals surface area (Å²) in [6, 6.07) is 9.48. The number of nitrogens with zero attached hydrogens (tertiary/aromatic N) is 2. The molecule has 0 aliphatic carbocycles. The van der Waals surface area contributed by atoms with Crippen LogP contribution in [0.25, 0.3) is 0 Å². The number of carbonyl (C=O) groups excluding carboxylic acids is 2. The third-order valence-electron chi connectivity index (χ3n) is 6.26. The Labute approximate surface area is 217 Å². The van der Waals surface area contributed by atoms with E-state index in [1.54, 1.807) is 19.1 Å². The largest absolute Gasteiger partial charge is 0.486 e. The molecular weight excluding hydrogens is 501 g/mol. The Kier molecular flexibility index (Phi) is 9.36. The Hall–Kier alpha value is -3.34. The summed E-state index contributed by atoms with van der Waals surface area (Å²) in [5.74, 6) is -1.000. The number of rotatable bonds is 11. The number of hydrogen-bond acceptors (Lipinski definition) is 6. The molecule has 2 amide bonds. The molecular formula is C26H34FN3O6S. The highest BCUT2D eigenvalue weighted by atomic mass is 32.2. The number of ether oxygens (including phenoxy) is 2. The van der Waals surface area contributed by atoms with Gasteiger partial charge in [0.15, 0.2) is 11.5 Å². The van der Waals surface area contributed by atoms with E-state index in [0.29, 0.717) is 31.1 Å². The van der Waals surface area contributed by atoms with E-state index in [-0.39, 0.29) is 29.6 Å². The number of fused-ring (bicyclic) bond motifs is 1. The molecule has 2 aromatic carbocycles. The van der Waals surface area contributed by atoms with Crippen LogP contribution in [0.15, 0.2) is 42.5 Å². The van der Waals surface area contributed by atoms with Crippen LogP contribution < -0.4 is 19.1 Å². The van der Waals surface area contributed by atoms with Crippen molar-refractivity contribution in [2.45, 2.75) is 52.7 Å². The molecule has 2 aromatic rings. The summed E-state index contributed by atoms with van der Waals surface area (Å²) in [4.78, 5) is 27.8. The molecule has 37 heavy (non-hydrogen) atoms. The highest BCUT2D eigenvalue weighted by molar-refractivity contribution is 7.92. The molecule has 9 nitrogen and oxygen atoms in total. The van der Waals surface area contributed by atoms with Gasteiger partial charge in [-0.15, -0.1) is 0 Å². The zero-order valence-corrected chi connectivity index (χ0v) is 22.4. The monoisotopic (exact) mass is 535 g/mol. The van der Waals surface area contributed by atoms with E-state index in [9.17, 15) is 22.4 Å². The van der Waals surface area contributed by atoms with E-state index in [1.165, 1.54) is 42.2 Å². The summed E-state index contributed by atoms with van der Waals surface area (Å²) in [7, 11) is -3.90. The molecule has 0 spiro atoms. The van der Waals surface area contributed by atoms with Crippen LogP contribution in [0.1, 0.15) is 39.7 Å². The summed E-state index contributed by atoms with van der Waals surface area (Å²) in [5.41, 5.74) is 0.435. The van der Waals surface area contributed by atoms with Crippen LogP contribution in [-0.4, -0.2) is 62.7 Å². The lowest BCUT2D eigenvalue weighted by atomic mass is 10.1. The number of benzene rings is 2. The molecule has 0 radical (unpaired) electrons. The first-order valence-corrected chi connectivity index (χ1v) is 13.9. The summed E-state index contributed by atoms with van der Waals surface area (Å²) >= 11 is 0. The first-order chi connectivity index (χ1) is 17.6. The normalized spacial score (nSPS) is 14.4. The summed E-state index contributed by atoms with van der Waals surface area (Å²) in [6.07, 6.45) is 0.687. The van der Waals surface area contributed by atoms with Crippen LogP contribution in [0.3, 0.4) is 0 Å². The first kappa shape index (κ1) is 28.2. The Morgan fingerprint density at radius 2 is 1.73 bits per heavy atom. The van der Waals surface area contributed by atoms with Crippen molar-refractivity contribution in [1.29, 1.82) is 0 Å². The fourth-order valence-electron chi connectivity index (χ4n) is 3.77. The average Bonchev–Trinajstić information content (AvgIpc) is 2.90. The van der Waals surface area contributed by atoms with Crippen molar-refractivity contribution in [1.82, 2.24) is 10.2 Å². The van der Waals surface area contributed by atoms with E-state index in [2.05, 4.69) is 5.32 Å².